The lowest BCUT2D eigenvalue weighted by molar-refractivity contribution is -0.115. The van der Waals surface area contributed by atoms with E-state index in [1.807, 2.05) is 31.2 Å². The summed E-state index contributed by atoms with van der Waals surface area (Å²) in [5.41, 5.74) is 1.83. The highest BCUT2D eigenvalue weighted by molar-refractivity contribution is 5.92. The maximum Gasteiger partial charge on any atom is 0.238 e. The van der Waals surface area contributed by atoms with Crippen molar-refractivity contribution < 1.29 is 4.79 Å². The molecule has 0 aliphatic carbocycles. The first-order valence-corrected chi connectivity index (χ1v) is 8.86. The van der Waals surface area contributed by atoms with Crippen LogP contribution in [0, 0.1) is 0 Å². The molecule has 1 aliphatic rings. The van der Waals surface area contributed by atoms with Crippen LogP contribution < -0.4 is 15.5 Å². The number of amides is 1. The molecule has 1 atom stereocenters. The van der Waals surface area contributed by atoms with E-state index in [1.165, 1.54) is 19.3 Å². The molecule has 2 aromatic heterocycles. The third kappa shape index (κ3) is 5.00. The van der Waals surface area contributed by atoms with E-state index in [4.69, 9.17) is 0 Å². The normalized spacial score (nSPS) is 15.6. The first kappa shape index (κ1) is 17.4. The summed E-state index contributed by atoms with van der Waals surface area (Å²) in [6.45, 7) is 4.40. The Bertz CT molecular complexity index is 668. The Morgan fingerprint density at radius 2 is 1.92 bits per heavy atom. The fourth-order valence-electron chi connectivity index (χ4n) is 2.99. The van der Waals surface area contributed by atoms with Crippen LogP contribution in [-0.4, -0.2) is 35.5 Å². The third-order valence-corrected chi connectivity index (χ3v) is 4.49. The first-order chi connectivity index (χ1) is 12.2. The van der Waals surface area contributed by atoms with Crippen molar-refractivity contribution in [1.29, 1.82) is 0 Å². The predicted molar refractivity (Wildman–Crippen MR) is 99.6 cm³/mol. The maximum absolute atomic E-state index is 12.1. The minimum absolute atomic E-state index is 0.0755. The highest BCUT2D eigenvalue weighted by Gasteiger charge is 2.12. The van der Waals surface area contributed by atoms with Gasteiger partial charge in [0.05, 0.1) is 18.4 Å². The average Bonchev–Trinajstić information content (AvgIpc) is 2.68. The van der Waals surface area contributed by atoms with Crippen LogP contribution in [0.5, 0.6) is 0 Å². The van der Waals surface area contributed by atoms with Gasteiger partial charge in [-0.15, -0.1) is 0 Å². The lowest BCUT2D eigenvalue weighted by atomic mass is 10.1. The molecule has 0 aromatic carbocycles. The first-order valence-electron chi connectivity index (χ1n) is 8.86. The third-order valence-electron chi connectivity index (χ3n) is 4.49. The average molecular weight is 339 g/mol. The number of hydrogen-bond donors (Lipinski definition) is 2. The summed E-state index contributed by atoms with van der Waals surface area (Å²) in [5.74, 6) is 0.913. The number of piperidine rings is 1. The second-order valence-corrected chi connectivity index (χ2v) is 6.38. The number of anilines is 2. The van der Waals surface area contributed by atoms with Gasteiger partial charge in [-0.2, -0.15) is 0 Å². The number of nitrogens with one attached hydrogen (secondary N) is 2. The highest BCUT2D eigenvalue weighted by atomic mass is 16.1. The van der Waals surface area contributed by atoms with E-state index in [1.54, 1.807) is 18.6 Å². The van der Waals surface area contributed by atoms with Crippen molar-refractivity contribution in [2.45, 2.75) is 32.2 Å². The van der Waals surface area contributed by atoms with Gasteiger partial charge in [0.1, 0.15) is 5.82 Å². The van der Waals surface area contributed by atoms with Gasteiger partial charge in [0, 0.05) is 31.5 Å². The summed E-state index contributed by atoms with van der Waals surface area (Å²) in [5, 5.41) is 6.10. The van der Waals surface area contributed by atoms with E-state index in [9.17, 15) is 4.79 Å². The lowest BCUT2D eigenvalue weighted by Gasteiger charge is -2.27. The van der Waals surface area contributed by atoms with Gasteiger partial charge in [0.2, 0.25) is 5.91 Å². The summed E-state index contributed by atoms with van der Waals surface area (Å²) >= 11 is 0. The second-order valence-electron chi connectivity index (χ2n) is 6.38. The molecule has 25 heavy (non-hydrogen) atoms. The molecule has 0 bridgehead atoms. The van der Waals surface area contributed by atoms with Gasteiger partial charge in [0.25, 0.3) is 0 Å². The van der Waals surface area contributed by atoms with Crippen molar-refractivity contribution in [1.82, 2.24) is 15.3 Å². The number of carbonyl (C=O) groups excluding carboxylic acids is 1. The molecular weight excluding hydrogens is 314 g/mol. The summed E-state index contributed by atoms with van der Waals surface area (Å²) in [7, 11) is 0. The maximum atomic E-state index is 12.1. The van der Waals surface area contributed by atoms with Crippen LogP contribution >= 0.6 is 0 Å². The zero-order valence-electron chi connectivity index (χ0n) is 14.6. The van der Waals surface area contributed by atoms with Crippen molar-refractivity contribution in [2.24, 2.45) is 0 Å². The minimum atomic E-state index is -0.0755. The summed E-state index contributed by atoms with van der Waals surface area (Å²) in [6, 6.07) is 7.88. The SMILES string of the molecule is C[C@H](NCC(=O)Nc1ccc(N2CCCCC2)nc1)c1ccncc1. The molecule has 132 valence electrons. The number of pyridine rings is 2. The predicted octanol–water partition coefficient (Wildman–Crippen LogP) is 2.76. The fourth-order valence-corrected chi connectivity index (χ4v) is 2.99. The molecule has 0 unspecified atom stereocenters. The Labute approximate surface area is 148 Å². The quantitative estimate of drug-likeness (QED) is 0.847. The highest BCUT2D eigenvalue weighted by Crippen LogP contribution is 2.19. The van der Waals surface area contributed by atoms with Crippen LogP contribution in [0.15, 0.2) is 42.9 Å². The van der Waals surface area contributed by atoms with Crippen molar-refractivity contribution in [3.05, 3.63) is 48.4 Å². The fraction of sp³-hybridized carbons (Fsp3) is 0.421. The van der Waals surface area contributed by atoms with Crippen LogP contribution in [0.2, 0.25) is 0 Å². The van der Waals surface area contributed by atoms with Gasteiger partial charge in [0.15, 0.2) is 0 Å². The van der Waals surface area contributed by atoms with Gasteiger partial charge in [-0.3, -0.25) is 9.78 Å². The molecule has 1 fully saturated rings. The van der Waals surface area contributed by atoms with Gasteiger partial charge < -0.3 is 15.5 Å². The van der Waals surface area contributed by atoms with E-state index in [2.05, 4.69) is 25.5 Å². The largest absolute Gasteiger partial charge is 0.357 e. The van der Waals surface area contributed by atoms with Crippen LogP contribution in [-0.2, 0) is 4.79 Å². The Hall–Kier alpha value is -2.47. The number of carbonyl (C=O) groups is 1. The molecule has 3 rings (SSSR count). The summed E-state index contributed by atoms with van der Waals surface area (Å²) < 4.78 is 0. The van der Waals surface area contributed by atoms with Crippen LogP contribution in [0.3, 0.4) is 0 Å². The van der Waals surface area contributed by atoms with E-state index >= 15 is 0 Å². The van der Waals surface area contributed by atoms with Gasteiger partial charge in [-0.25, -0.2) is 4.98 Å². The molecule has 1 aliphatic heterocycles. The molecule has 0 radical (unpaired) electrons. The minimum Gasteiger partial charge on any atom is -0.357 e. The van der Waals surface area contributed by atoms with Crippen molar-refractivity contribution in [2.75, 3.05) is 29.9 Å². The molecule has 6 heteroatoms. The van der Waals surface area contributed by atoms with Crippen molar-refractivity contribution in [3.8, 4) is 0 Å². The number of nitrogens with zero attached hydrogens (tertiary/aromatic N) is 3. The standard InChI is InChI=1S/C19H25N5O/c1-15(16-7-9-20-10-8-16)21-14-19(25)23-17-5-6-18(22-13-17)24-11-3-2-4-12-24/h5-10,13,15,21H,2-4,11-12,14H2,1H3,(H,23,25)/t15-/m0/s1. The number of rotatable bonds is 6. The lowest BCUT2D eigenvalue weighted by Crippen LogP contribution is -2.31. The molecule has 6 nitrogen and oxygen atoms in total. The van der Waals surface area contributed by atoms with Crippen LogP contribution in [0.4, 0.5) is 11.5 Å². The van der Waals surface area contributed by atoms with Gasteiger partial charge >= 0.3 is 0 Å². The number of hydrogen-bond acceptors (Lipinski definition) is 5. The van der Waals surface area contributed by atoms with Crippen molar-refractivity contribution >= 4 is 17.4 Å². The Balaban J connectivity index is 1.47. The molecule has 1 amide bonds. The van der Waals surface area contributed by atoms with Gasteiger partial charge in [-0.05, 0) is 56.0 Å². The van der Waals surface area contributed by atoms with Crippen molar-refractivity contribution in [3.63, 3.8) is 0 Å². The van der Waals surface area contributed by atoms with E-state index in [0.717, 1.165) is 30.2 Å². The molecule has 0 spiro atoms. The van der Waals surface area contributed by atoms with E-state index < -0.39 is 0 Å². The topological polar surface area (TPSA) is 70.2 Å². The molecule has 3 heterocycles. The Morgan fingerprint density at radius 3 is 2.60 bits per heavy atom. The molecular formula is C19H25N5O. The zero-order valence-corrected chi connectivity index (χ0v) is 14.6. The Kier molecular flexibility index (Phi) is 5.95. The number of aromatic nitrogens is 2. The summed E-state index contributed by atoms with van der Waals surface area (Å²) in [6.07, 6.45) is 8.99. The van der Waals surface area contributed by atoms with Crippen LogP contribution in [0.1, 0.15) is 37.8 Å². The van der Waals surface area contributed by atoms with Gasteiger partial charge in [-0.1, -0.05) is 0 Å². The molecule has 2 aromatic rings. The molecule has 2 N–H and O–H groups in total. The molecule has 0 saturated carbocycles. The van der Waals surface area contributed by atoms with E-state index in [0.29, 0.717) is 0 Å². The smallest absolute Gasteiger partial charge is 0.238 e. The summed E-state index contributed by atoms with van der Waals surface area (Å²) in [4.78, 5) is 22.9. The monoisotopic (exact) mass is 339 g/mol. The Morgan fingerprint density at radius 1 is 1.16 bits per heavy atom. The zero-order chi connectivity index (χ0) is 17.5. The second kappa shape index (κ2) is 8.58. The van der Waals surface area contributed by atoms with Crippen LogP contribution in [0.25, 0.3) is 0 Å². The van der Waals surface area contributed by atoms with E-state index in [-0.39, 0.29) is 18.5 Å². The molecule has 1 saturated heterocycles.